The van der Waals surface area contributed by atoms with Crippen molar-refractivity contribution in [2.45, 2.75) is 37.8 Å². The van der Waals surface area contributed by atoms with Crippen molar-refractivity contribution in [3.8, 4) is 5.69 Å². The maximum absolute atomic E-state index is 12.6. The number of hydrogen-bond donors (Lipinski definition) is 2. The number of benzene rings is 1. The molecule has 2 amide bonds. The van der Waals surface area contributed by atoms with E-state index in [2.05, 4.69) is 15.5 Å². The predicted molar refractivity (Wildman–Crippen MR) is 115 cm³/mol. The molecule has 29 heavy (non-hydrogen) atoms. The topological polar surface area (TPSA) is 103 Å². The number of primary amides is 1. The molecule has 1 aromatic carbocycles. The molecule has 1 aliphatic rings. The first-order valence-electron chi connectivity index (χ1n) is 9.37. The van der Waals surface area contributed by atoms with Crippen molar-refractivity contribution in [2.75, 3.05) is 11.1 Å². The first-order chi connectivity index (χ1) is 14.0. The van der Waals surface area contributed by atoms with Crippen molar-refractivity contribution in [3.63, 3.8) is 0 Å². The molecule has 0 bridgehead atoms. The summed E-state index contributed by atoms with van der Waals surface area (Å²) in [5.41, 5.74) is 9.15. The van der Waals surface area contributed by atoms with Crippen LogP contribution in [0.3, 0.4) is 0 Å². The molecular weight excluding hydrogens is 406 g/mol. The lowest BCUT2D eigenvalue weighted by atomic mass is 9.95. The van der Waals surface area contributed by atoms with Crippen LogP contribution in [0.4, 0.5) is 5.00 Å². The number of amides is 2. The van der Waals surface area contributed by atoms with Gasteiger partial charge in [-0.05, 0) is 49.8 Å². The molecule has 1 aliphatic carbocycles. The number of nitrogens with two attached hydrogens (primary N) is 1. The van der Waals surface area contributed by atoms with Gasteiger partial charge >= 0.3 is 0 Å². The van der Waals surface area contributed by atoms with Crippen LogP contribution < -0.4 is 11.1 Å². The minimum absolute atomic E-state index is 0.158. The monoisotopic (exact) mass is 427 g/mol. The summed E-state index contributed by atoms with van der Waals surface area (Å²) in [6.45, 7) is 2.01. The number of hydrogen-bond acceptors (Lipinski definition) is 6. The van der Waals surface area contributed by atoms with E-state index in [1.165, 1.54) is 23.1 Å². The van der Waals surface area contributed by atoms with E-state index >= 15 is 0 Å². The number of fused-ring (bicyclic) bond motifs is 1. The zero-order valence-electron chi connectivity index (χ0n) is 16.0. The fraction of sp³-hybridized carbons (Fsp3) is 0.300. The van der Waals surface area contributed by atoms with Crippen LogP contribution in [0.2, 0.25) is 0 Å². The second kappa shape index (κ2) is 8.38. The maximum atomic E-state index is 12.6. The molecule has 2 heterocycles. The maximum Gasteiger partial charge on any atom is 0.251 e. The van der Waals surface area contributed by atoms with E-state index in [1.807, 2.05) is 35.8 Å². The van der Waals surface area contributed by atoms with Gasteiger partial charge in [-0.1, -0.05) is 30.0 Å². The van der Waals surface area contributed by atoms with Gasteiger partial charge in [-0.3, -0.25) is 14.2 Å². The highest BCUT2D eigenvalue weighted by atomic mass is 32.2. The molecule has 3 N–H and O–H groups in total. The predicted octanol–water partition coefficient (Wildman–Crippen LogP) is 3.35. The van der Waals surface area contributed by atoms with Crippen LogP contribution in [0.1, 0.15) is 39.2 Å². The SMILES string of the molecule is Cc1ccccc1-n1cnnc1SCC(=O)Nc1sc2c(c1C(N)=O)CCCC2. The lowest BCUT2D eigenvalue weighted by Crippen LogP contribution is -2.19. The zero-order valence-corrected chi connectivity index (χ0v) is 17.6. The molecule has 0 spiro atoms. The molecular formula is C20H21N5O2S2. The Labute approximate surface area is 176 Å². The molecule has 0 saturated heterocycles. The molecule has 0 saturated carbocycles. The molecule has 0 unspecified atom stereocenters. The normalized spacial score (nSPS) is 13.1. The first-order valence-corrected chi connectivity index (χ1v) is 11.2. The Morgan fingerprint density at radius 1 is 1.28 bits per heavy atom. The quantitative estimate of drug-likeness (QED) is 0.587. The smallest absolute Gasteiger partial charge is 0.251 e. The van der Waals surface area contributed by atoms with E-state index in [-0.39, 0.29) is 11.7 Å². The van der Waals surface area contributed by atoms with Gasteiger partial charge in [0.1, 0.15) is 11.3 Å². The van der Waals surface area contributed by atoms with Crippen molar-refractivity contribution in [1.29, 1.82) is 0 Å². The molecule has 0 fully saturated rings. The Balaban J connectivity index is 1.47. The minimum Gasteiger partial charge on any atom is -0.365 e. The van der Waals surface area contributed by atoms with Crippen molar-refractivity contribution < 1.29 is 9.59 Å². The lowest BCUT2D eigenvalue weighted by Gasteiger charge is -2.11. The van der Waals surface area contributed by atoms with E-state index < -0.39 is 5.91 Å². The van der Waals surface area contributed by atoms with Gasteiger partial charge in [0.05, 0.1) is 17.0 Å². The second-order valence-electron chi connectivity index (χ2n) is 6.89. The average Bonchev–Trinajstić information content (AvgIpc) is 3.30. The fourth-order valence-electron chi connectivity index (χ4n) is 3.53. The number of nitrogens with one attached hydrogen (secondary N) is 1. The van der Waals surface area contributed by atoms with Gasteiger partial charge < -0.3 is 11.1 Å². The number of nitrogens with zero attached hydrogens (tertiary/aromatic N) is 3. The van der Waals surface area contributed by atoms with Gasteiger partial charge in [0.15, 0.2) is 5.16 Å². The number of anilines is 1. The molecule has 4 rings (SSSR count). The molecule has 150 valence electrons. The third-order valence-electron chi connectivity index (χ3n) is 4.89. The largest absolute Gasteiger partial charge is 0.365 e. The molecule has 2 aromatic heterocycles. The highest BCUT2D eigenvalue weighted by Gasteiger charge is 2.25. The van der Waals surface area contributed by atoms with Gasteiger partial charge in [-0.25, -0.2) is 0 Å². The molecule has 0 radical (unpaired) electrons. The van der Waals surface area contributed by atoms with Gasteiger partial charge in [0.2, 0.25) is 5.91 Å². The number of carbonyl (C=O) groups excluding carboxylic acids is 2. The Morgan fingerprint density at radius 3 is 2.86 bits per heavy atom. The van der Waals surface area contributed by atoms with Crippen molar-refractivity contribution in [2.24, 2.45) is 5.73 Å². The highest BCUT2D eigenvalue weighted by molar-refractivity contribution is 7.99. The molecule has 9 heteroatoms. The van der Waals surface area contributed by atoms with Crippen LogP contribution in [0.25, 0.3) is 5.69 Å². The van der Waals surface area contributed by atoms with Crippen LogP contribution in [0, 0.1) is 6.92 Å². The van der Waals surface area contributed by atoms with Crippen molar-refractivity contribution >= 4 is 39.9 Å². The second-order valence-corrected chi connectivity index (χ2v) is 8.93. The van der Waals surface area contributed by atoms with E-state index in [1.54, 1.807) is 6.33 Å². The summed E-state index contributed by atoms with van der Waals surface area (Å²) < 4.78 is 1.87. The highest BCUT2D eigenvalue weighted by Crippen LogP contribution is 2.38. The van der Waals surface area contributed by atoms with Gasteiger partial charge in [0.25, 0.3) is 5.91 Å². The van der Waals surface area contributed by atoms with Crippen LogP contribution in [0.5, 0.6) is 0 Å². The van der Waals surface area contributed by atoms with Crippen LogP contribution in [-0.2, 0) is 17.6 Å². The molecule has 0 atom stereocenters. The summed E-state index contributed by atoms with van der Waals surface area (Å²) in [5.74, 6) is -0.521. The molecule has 7 nitrogen and oxygen atoms in total. The van der Waals surface area contributed by atoms with Crippen LogP contribution in [-0.4, -0.2) is 32.3 Å². The zero-order chi connectivity index (χ0) is 20.4. The van der Waals surface area contributed by atoms with E-state index in [4.69, 9.17) is 5.73 Å². The van der Waals surface area contributed by atoms with E-state index in [0.717, 1.165) is 47.4 Å². The summed E-state index contributed by atoms with van der Waals surface area (Å²) in [6.07, 6.45) is 5.56. The van der Waals surface area contributed by atoms with Gasteiger partial charge in [0, 0.05) is 4.88 Å². The Bertz CT molecular complexity index is 1070. The Kier molecular flexibility index (Phi) is 5.68. The third kappa shape index (κ3) is 4.06. The van der Waals surface area contributed by atoms with Gasteiger partial charge in [-0.2, -0.15) is 0 Å². The number of para-hydroxylation sites is 1. The standard InChI is InChI=1S/C20H21N5O2S2/c1-12-6-2-4-8-14(12)25-11-22-24-20(25)28-10-16(26)23-19-17(18(21)27)13-7-3-5-9-15(13)29-19/h2,4,6,8,11H,3,5,7,9-10H2,1H3,(H2,21,27)(H,23,26). The summed E-state index contributed by atoms with van der Waals surface area (Å²) in [5, 5.41) is 12.2. The Morgan fingerprint density at radius 2 is 2.07 bits per heavy atom. The number of carbonyl (C=O) groups is 2. The fourth-order valence-corrected chi connectivity index (χ4v) is 5.56. The third-order valence-corrected chi connectivity index (χ3v) is 7.04. The van der Waals surface area contributed by atoms with E-state index in [0.29, 0.717) is 15.7 Å². The summed E-state index contributed by atoms with van der Waals surface area (Å²) in [4.78, 5) is 25.7. The summed E-state index contributed by atoms with van der Waals surface area (Å²) in [7, 11) is 0. The van der Waals surface area contributed by atoms with E-state index in [9.17, 15) is 9.59 Å². The van der Waals surface area contributed by atoms with Crippen LogP contribution >= 0.6 is 23.1 Å². The summed E-state index contributed by atoms with van der Waals surface area (Å²) >= 11 is 2.77. The Hall–Kier alpha value is -2.65. The summed E-state index contributed by atoms with van der Waals surface area (Å²) in [6, 6.07) is 7.92. The van der Waals surface area contributed by atoms with Gasteiger partial charge in [-0.15, -0.1) is 21.5 Å². The number of aromatic nitrogens is 3. The average molecular weight is 428 g/mol. The molecule has 0 aliphatic heterocycles. The number of thioether (sulfide) groups is 1. The lowest BCUT2D eigenvalue weighted by molar-refractivity contribution is -0.113. The number of aryl methyl sites for hydroxylation is 2. The first kappa shape index (κ1) is 19.7. The van der Waals surface area contributed by atoms with Crippen LogP contribution in [0.15, 0.2) is 35.7 Å². The number of thiophene rings is 1. The minimum atomic E-state index is -0.480. The van der Waals surface area contributed by atoms with Crippen molar-refractivity contribution in [1.82, 2.24) is 14.8 Å². The molecule has 3 aromatic rings. The number of rotatable bonds is 6. The van der Waals surface area contributed by atoms with Crippen molar-refractivity contribution in [3.05, 3.63) is 52.2 Å².